The van der Waals surface area contributed by atoms with E-state index in [-0.39, 0.29) is 21.5 Å². The summed E-state index contributed by atoms with van der Waals surface area (Å²) in [5.41, 5.74) is 0. The first-order chi connectivity index (χ1) is 8.33. The van der Waals surface area contributed by atoms with Crippen LogP contribution in [0.25, 0.3) is 0 Å². The zero-order valence-electron chi connectivity index (χ0n) is 10.2. The number of aliphatic hydroxyl groups excluding tert-OH is 1. The van der Waals surface area contributed by atoms with Crippen LogP contribution in [0.3, 0.4) is 0 Å². The van der Waals surface area contributed by atoms with Gasteiger partial charge in [-0.1, -0.05) is 5.21 Å². The molecule has 1 aromatic rings. The number of thioether (sulfide) groups is 1. The number of nitrogens with one attached hydrogen (secondary N) is 1. The second-order valence-electron chi connectivity index (χ2n) is 3.68. The predicted molar refractivity (Wildman–Crippen MR) is 72.9 cm³/mol. The Bertz CT molecular complexity index is 481. The lowest BCUT2D eigenvalue weighted by Crippen LogP contribution is -2.41. The molecule has 0 saturated heterocycles. The van der Waals surface area contributed by atoms with Crippen molar-refractivity contribution in [3.63, 3.8) is 0 Å². The summed E-state index contributed by atoms with van der Waals surface area (Å²) in [5, 5.41) is 16.1. The first-order valence-electron chi connectivity index (χ1n) is 5.04. The van der Waals surface area contributed by atoms with Gasteiger partial charge >= 0.3 is 0 Å². The topological polar surface area (TPSA) is 97.1 Å². The molecule has 0 amide bonds. The van der Waals surface area contributed by atoms with E-state index in [4.69, 9.17) is 5.11 Å². The number of hydrogen-bond donors (Lipinski definition) is 2. The average Bonchev–Trinajstić information content (AvgIpc) is 2.59. The Balaban J connectivity index is 2.96. The highest BCUT2D eigenvalue weighted by molar-refractivity contribution is 9.10. The Morgan fingerprint density at radius 3 is 2.61 bits per heavy atom. The standard InChI is InChI=1S/C8H15BrN4O3S2/c1-5(6(4-14)17-3)11-18(15,16)8-7(9)10-12-13(8)2/h5-6,11,14H,4H2,1-3H3. The number of halogens is 1. The van der Waals surface area contributed by atoms with Gasteiger partial charge in [0.05, 0.1) is 6.61 Å². The Morgan fingerprint density at radius 1 is 1.61 bits per heavy atom. The van der Waals surface area contributed by atoms with E-state index in [1.54, 1.807) is 6.92 Å². The van der Waals surface area contributed by atoms with Gasteiger partial charge in [0.1, 0.15) is 0 Å². The van der Waals surface area contributed by atoms with Gasteiger partial charge < -0.3 is 5.11 Å². The minimum atomic E-state index is -3.73. The highest BCUT2D eigenvalue weighted by atomic mass is 79.9. The maximum Gasteiger partial charge on any atom is 0.260 e. The highest BCUT2D eigenvalue weighted by Gasteiger charge is 2.28. The zero-order chi connectivity index (χ0) is 13.9. The molecule has 2 atom stereocenters. The van der Waals surface area contributed by atoms with Crippen LogP contribution in [0.4, 0.5) is 0 Å². The lowest BCUT2D eigenvalue weighted by Gasteiger charge is -2.20. The van der Waals surface area contributed by atoms with Crippen molar-refractivity contribution in [1.29, 1.82) is 0 Å². The molecule has 0 fully saturated rings. The largest absolute Gasteiger partial charge is 0.395 e. The Morgan fingerprint density at radius 2 is 2.22 bits per heavy atom. The molecule has 0 aliphatic rings. The Kier molecular flexibility index (Phi) is 5.59. The number of nitrogens with zero attached hydrogens (tertiary/aromatic N) is 3. The van der Waals surface area contributed by atoms with Crippen LogP contribution in [0.2, 0.25) is 0 Å². The number of aliphatic hydroxyl groups is 1. The fraction of sp³-hybridized carbons (Fsp3) is 0.750. The second-order valence-corrected chi connectivity index (χ2v) is 7.13. The van der Waals surface area contributed by atoms with Gasteiger partial charge in [-0.05, 0) is 29.1 Å². The molecular formula is C8H15BrN4O3S2. The van der Waals surface area contributed by atoms with Gasteiger partial charge in [-0.25, -0.2) is 17.8 Å². The van der Waals surface area contributed by atoms with E-state index >= 15 is 0 Å². The summed E-state index contributed by atoms with van der Waals surface area (Å²) in [6.07, 6.45) is 1.81. The van der Waals surface area contributed by atoms with Crippen molar-refractivity contribution in [2.24, 2.45) is 7.05 Å². The van der Waals surface area contributed by atoms with Gasteiger partial charge in [0.25, 0.3) is 10.0 Å². The number of aryl methyl sites for hydroxylation is 1. The highest BCUT2D eigenvalue weighted by Crippen LogP contribution is 2.19. The summed E-state index contributed by atoms with van der Waals surface area (Å²) < 4.78 is 28.1. The van der Waals surface area contributed by atoms with Gasteiger partial charge in [-0.2, -0.15) is 11.8 Å². The van der Waals surface area contributed by atoms with E-state index in [1.165, 1.54) is 23.5 Å². The normalized spacial score (nSPS) is 15.6. The molecule has 0 radical (unpaired) electrons. The first kappa shape index (κ1) is 15.9. The minimum Gasteiger partial charge on any atom is -0.395 e. The number of sulfonamides is 1. The van der Waals surface area contributed by atoms with Crippen LogP contribution in [0.1, 0.15) is 6.92 Å². The summed E-state index contributed by atoms with van der Waals surface area (Å²) in [6, 6.07) is -0.406. The lowest BCUT2D eigenvalue weighted by atomic mass is 10.3. The molecule has 0 spiro atoms. The maximum atomic E-state index is 12.1. The molecule has 1 heterocycles. The van der Waals surface area contributed by atoms with E-state index in [9.17, 15) is 8.42 Å². The van der Waals surface area contributed by atoms with Crippen molar-refractivity contribution in [3.05, 3.63) is 4.60 Å². The molecule has 1 rings (SSSR count). The Labute approximate surface area is 119 Å². The molecular weight excluding hydrogens is 344 g/mol. The van der Waals surface area contributed by atoms with Crippen molar-refractivity contribution < 1.29 is 13.5 Å². The molecule has 0 saturated carbocycles. The van der Waals surface area contributed by atoms with Gasteiger partial charge in [0, 0.05) is 18.3 Å². The summed E-state index contributed by atoms with van der Waals surface area (Å²) in [5.74, 6) is 0. The molecule has 2 N–H and O–H groups in total. The third kappa shape index (κ3) is 3.44. The lowest BCUT2D eigenvalue weighted by molar-refractivity contribution is 0.282. The third-order valence-electron chi connectivity index (χ3n) is 2.37. The molecule has 18 heavy (non-hydrogen) atoms. The molecule has 0 bridgehead atoms. The monoisotopic (exact) mass is 358 g/mol. The average molecular weight is 359 g/mol. The summed E-state index contributed by atoms with van der Waals surface area (Å²) in [7, 11) is -2.23. The molecule has 104 valence electrons. The van der Waals surface area contributed by atoms with E-state index < -0.39 is 16.1 Å². The van der Waals surface area contributed by atoms with Crippen LogP contribution in [0.5, 0.6) is 0 Å². The number of aromatic nitrogens is 3. The van der Waals surface area contributed by atoms with Crippen molar-refractivity contribution in [3.8, 4) is 0 Å². The van der Waals surface area contributed by atoms with Crippen molar-refractivity contribution in [1.82, 2.24) is 19.7 Å². The molecule has 7 nitrogen and oxygen atoms in total. The van der Waals surface area contributed by atoms with Gasteiger partial charge in [-0.15, -0.1) is 5.10 Å². The molecule has 2 unspecified atom stereocenters. The molecule has 0 aliphatic heterocycles. The quantitative estimate of drug-likeness (QED) is 0.740. The van der Waals surface area contributed by atoms with Crippen LogP contribution in [-0.4, -0.2) is 52.7 Å². The van der Waals surface area contributed by atoms with Crippen molar-refractivity contribution in [2.45, 2.75) is 23.2 Å². The molecule has 0 aromatic carbocycles. The van der Waals surface area contributed by atoms with Crippen molar-refractivity contribution in [2.75, 3.05) is 12.9 Å². The van der Waals surface area contributed by atoms with Gasteiger partial charge in [-0.3, -0.25) is 0 Å². The Hall–Kier alpha value is -0.160. The first-order valence-corrected chi connectivity index (χ1v) is 8.61. The summed E-state index contributed by atoms with van der Waals surface area (Å²) in [6.45, 7) is 1.60. The molecule has 1 aromatic heterocycles. The SMILES string of the molecule is CSC(CO)C(C)NS(=O)(=O)c1c(Br)nnn1C. The van der Waals surface area contributed by atoms with E-state index in [1.807, 2.05) is 6.26 Å². The summed E-state index contributed by atoms with van der Waals surface area (Å²) >= 11 is 4.44. The smallest absolute Gasteiger partial charge is 0.260 e. The van der Waals surface area contributed by atoms with Crippen LogP contribution >= 0.6 is 27.7 Å². The third-order valence-corrected chi connectivity index (χ3v) is 5.98. The van der Waals surface area contributed by atoms with E-state index in [0.717, 1.165) is 0 Å². The minimum absolute atomic E-state index is 0.0351. The van der Waals surface area contributed by atoms with Crippen LogP contribution in [0.15, 0.2) is 9.63 Å². The fourth-order valence-electron chi connectivity index (χ4n) is 1.42. The van der Waals surface area contributed by atoms with Crippen LogP contribution < -0.4 is 4.72 Å². The zero-order valence-corrected chi connectivity index (χ0v) is 13.4. The van der Waals surface area contributed by atoms with Gasteiger partial charge in [0.2, 0.25) is 5.03 Å². The molecule has 0 aliphatic carbocycles. The summed E-state index contributed by atoms with van der Waals surface area (Å²) in [4.78, 5) is 0. The van der Waals surface area contributed by atoms with Crippen molar-refractivity contribution >= 4 is 37.7 Å². The number of rotatable bonds is 6. The predicted octanol–water partition coefficient (Wildman–Crippen LogP) is -0.0317. The van der Waals surface area contributed by atoms with E-state index in [2.05, 4.69) is 31.0 Å². The number of hydrogen-bond acceptors (Lipinski definition) is 6. The maximum absolute atomic E-state index is 12.1. The van der Waals surface area contributed by atoms with E-state index in [0.29, 0.717) is 0 Å². The fourth-order valence-corrected chi connectivity index (χ4v) is 4.51. The van der Waals surface area contributed by atoms with Crippen LogP contribution in [0, 0.1) is 0 Å². The van der Waals surface area contributed by atoms with Gasteiger partial charge in [0.15, 0.2) is 4.60 Å². The molecule has 10 heteroatoms. The van der Waals surface area contributed by atoms with Crippen LogP contribution in [-0.2, 0) is 17.1 Å². The second kappa shape index (κ2) is 6.33.